The number of hydrogen-bond acceptors (Lipinski definition) is 5. The maximum atomic E-state index is 11.4. The predicted octanol–water partition coefficient (Wildman–Crippen LogP) is -0.243. The lowest BCUT2D eigenvalue weighted by Crippen LogP contribution is -2.37. The maximum Gasteiger partial charge on any atom is 0.326 e. The Morgan fingerprint density at radius 2 is 2.39 bits per heavy atom. The number of H-pyrrole nitrogens is 1. The van der Waals surface area contributed by atoms with Gasteiger partial charge in [-0.15, -0.1) is 0 Å². The average molecular weight is 253 g/mol. The molecule has 0 bridgehead atoms. The number of carbonyl (C=O) groups is 1. The summed E-state index contributed by atoms with van der Waals surface area (Å²) in [7, 11) is 1.55. The van der Waals surface area contributed by atoms with Gasteiger partial charge in [0.05, 0.1) is 6.10 Å². The molecule has 7 nitrogen and oxygen atoms in total. The number of nitrogens with one attached hydrogen (secondary N) is 1. The lowest BCUT2D eigenvalue weighted by molar-refractivity contribution is -0.138. The number of aromatic nitrogens is 2. The molecular weight excluding hydrogens is 238 g/mol. The van der Waals surface area contributed by atoms with E-state index in [0.717, 1.165) is 0 Å². The number of carboxylic acid groups (broad SMARTS) is 1. The van der Waals surface area contributed by atoms with Gasteiger partial charge in [0.1, 0.15) is 17.7 Å². The van der Waals surface area contributed by atoms with Crippen LogP contribution in [0.3, 0.4) is 0 Å². The van der Waals surface area contributed by atoms with Gasteiger partial charge in [-0.1, -0.05) is 0 Å². The third-order valence-electron chi connectivity index (χ3n) is 3.02. The van der Waals surface area contributed by atoms with Crippen LogP contribution in [-0.4, -0.2) is 46.8 Å². The van der Waals surface area contributed by atoms with Gasteiger partial charge >= 0.3 is 5.97 Å². The Balaban J connectivity index is 2.35. The Kier molecular flexibility index (Phi) is 3.33. The Morgan fingerprint density at radius 1 is 1.67 bits per heavy atom. The van der Waals surface area contributed by atoms with E-state index in [1.54, 1.807) is 18.9 Å². The zero-order chi connectivity index (χ0) is 13.3. The fraction of sp³-hybridized carbons (Fsp3) is 0.545. The highest BCUT2D eigenvalue weighted by Gasteiger charge is 2.37. The van der Waals surface area contributed by atoms with Gasteiger partial charge in [0, 0.05) is 26.1 Å². The number of rotatable bonds is 3. The standard InChI is InChI=1S/C11H15N3O4/c1-6-12-9(4-10(15)13-6)14-5-7(18-2)3-8(14)11(16)17/h4,7-8H,3,5H2,1-2H3,(H,16,17)(H,12,13,15). The molecule has 98 valence electrons. The van der Waals surface area contributed by atoms with Crippen molar-refractivity contribution in [2.45, 2.75) is 25.5 Å². The van der Waals surface area contributed by atoms with Crippen LogP contribution in [0.1, 0.15) is 12.2 Å². The van der Waals surface area contributed by atoms with Crippen molar-refractivity contribution in [1.29, 1.82) is 0 Å². The van der Waals surface area contributed by atoms with Crippen molar-refractivity contribution in [2.24, 2.45) is 0 Å². The molecule has 0 spiro atoms. The summed E-state index contributed by atoms with van der Waals surface area (Å²) < 4.78 is 5.19. The summed E-state index contributed by atoms with van der Waals surface area (Å²) in [6, 6.07) is 0.602. The molecule has 2 heterocycles. The molecule has 0 aromatic carbocycles. The Bertz CT molecular complexity index is 513. The van der Waals surface area contributed by atoms with E-state index in [4.69, 9.17) is 4.74 Å². The number of anilines is 1. The highest BCUT2D eigenvalue weighted by atomic mass is 16.5. The minimum atomic E-state index is -0.936. The van der Waals surface area contributed by atoms with Crippen molar-refractivity contribution < 1.29 is 14.6 Å². The fourth-order valence-corrected chi connectivity index (χ4v) is 2.17. The summed E-state index contributed by atoms with van der Waals surface area (Å²) in [4.78, 5) is 30.9. The van der Waals surface area contributed by atoms with E-state index in [0.29, 0.717) is 24.6 Å². The number of ether oxygens (including phenoxy) is 1. The van der Waals surface area contributed by atoms with Gasteiger partial charge in [0.2, 0.25) is 0 Å². The first-order chi connectivity index (χ1) is 8.51. The third-order valence-corrected chi connectivity index (χ3v) is 3.02. The second kappa shape index (κ2) is 4.77. The fourth-order valence-electron chi connectivity index (χ4n) is 2.17. The van der Waals surface area contributed by atoms with Crippen LogP contribution in [0.15, 0.2) is 10.9 Å². The van der Waals surface area contributed by atoms with Gasteiger partial charge in [-0.05, 0) is 6.92 Å². The van der Waals surface area contributed by atoms with E-state index in [9.17, 15) is 14.7 Å². The van der Waals surface area contributed by atoms with Gasteiger partial charge in [0.25, 0.3) is 5.56 Å². The monoisotopic (exact) mass is 253 g/mol. The molecule has 2 N–H and O–H groups in total. The lowest BCUT2D eigenvalue weighted by Gasteiger charge is -2.22. The molecule has 1 fully saturated rings. The van der Waals surface area contributed by atoms with Crippen LogP contribution in [0.25, 0.3) is 0 Å². The SMILES string of the molecule is COC1CC(C(=O)O)N(c2cc(=O)[nH]c(C)n2)C1. The molecule has 7 heteroatoms. The van der Waals surface area contributed by atoms with Crippen LogP contribution < -0.4 is 10.5 Å². The van der Waals surface area contributed by atoms with Gasteiger partial charge in [0.15, 0.2) is 0 Å². The molecule has 1 aliphatic rings. The molecule has 1 aromatic heterocycles. The maximum absolute atomic E-state index is 11.4. The molecule has 18 heavy (non-hydrogen) atoms. The summed E-state index contributed by atoms with van der Waals surface area (Å²) in [5.74, 6) is -0.0972. The zero-order valence-corrected chi connectivity index (χ0v) is 10.2. The van der Waals surface area contributed by atoms with Crippen LogP contribution in [0, 0.1) is 6.92 Å². The summed E-state index contributed by atoms with van der Waals surface area (Å²) in [5, 5.41) is 9.19. The molecule has 2 rings (SSSR count). The smallest absolute Gasteiger partial charge is 0.326 e. The van der Waals surface area contributed by atoms with Crippen molar-refractivity contribution in [3.8, 4) is 0 Å². The Morgan fingerprint density at radius 3 is 2.94 bits per heavy atom. The number of aryl methyl sites for hydroxylation is 1. The van der Waals surface area contributed by atoms with Crippen LogP contribution in [0.5, 0.6) is 0 Å². The van der Waals surface area contributed by atoms with Crippen molar-refractivity contribution in [3.05, 3.63) is 22.2 Å². The molecule has 1 aromatic rings. The second-order valence-electron chi connectivity index (χ2n) is 4.29. The van der Waals surface area contributed by atoms with Crippen LogP contribution in [-0.2, 0) is 9.53 Å². The van der Waals surface area contributed by atoms with Crippen molar-refractivity contribution in [3.63, 3.8) is 0 Å². The van der Waals surface area contributed by atoms with Crippen molar-refractivity contribution >= 4 is 11.8 Å². The second-order valence-corrected chi connectivity index (χ2v) is 4.29. The molecule has 0 saturated carbocycles. The van der Waals surface area contributed by atoms with Gasteiger partial charge in [-0.2, -0.15) is 0 Å². The van der Waals surface area contributed by atoms with Crippen molar-refractivity contribution in [1.82, 2.24) is 9.97 Å². The first-order valence-electron chi connectivity index (χ1n) is 5.61. The van der Waals surface area contributed by atoms with Gasteiger partial charge in [-0.25, -0.2) is 9.78 Å². The predicted molar refractivity (Wildman–Crippen MR) is 63.8 cm³/mol. The van der Waals surface area contributed by atoms with Gasteiger partial charge in [-0.3, -0.25) is 4.79 Å². The number of carboxylic acids is 1. The first kappa shape index (κ1) is 12.6. The number of hydrogen-bond donors (Lipinski definition) is 2. The highest BCUT2D eigenvalue weighted by Crippen LogP contribution is 2.24. The Labute approximate surface area is 103 Å². The molecular formula is C11H15N3O4. The molecule has 2 atom stereocenters. The molecule has 0 amide bonds. The largest absolute Gasteiger partial charge is 0.480 e. The van der Waals surface area contributed by atoms with Crippen molar-refractivity contribution in [2.75, 3.05) is 18.6 Å². The molecule has 0 radical (unpaired) electrons. The van der Waals surface area contributed by atoms with E-state index in [1.807, 2.05) is 0 Å². The third kappa shape index (κ3) is 2.35. The van der Waals surface area contributed by atoms with Crippen LogP contribution >= 0.6 is 0 Å². The van der Waals surface area contributed by atoms with E-state index < -0.39 is 12.0 Å². The summed E-state index contributed by atoms with van der Waals surface area (Å²) in [6.07, 6.45) is 0.229. The van der Waals surface area contributed by atoms with E-state index >= 15 is 0 Å². The van der Waals surface area contributed by atoms with E-state index in [1.165, 1.54) is 6.07 Å². The number of aliphatic carboxylic acids is 1. The summed E-state index contributed by atoms with van der Waals surface area (Å²) in [6.45, 7) is 2.08. The molecule has 1 saturated heterocycles. The number of nitrogens with zero attached hydrogens (tertiary/aromatic N) is 2. The Hall–Kier alpha value is -1.89. The highest BCUT2D eigenvalue weighted by molar-refractivity contribution is 5.78. The first-order valence-corrected chi connectivity index (χ1v) is 5.61. The average Bonchev–Trinajstić information content (AvgIpc) is 2.71. The van der Waals surface area contributed by atoms with E-state index in [2.05, 4.69) is 9.97 Å². The number of aromatic amines is 1. The topological polar surface area (TPSA) is 95.5 Å². The van der Waals surface area contributed by atoms with Crippen LogP contribution in [0.2, 0.25) is 0 Å². The zero-order valence-electron chi connectivity index (χ0n) is 10.2. The summed E-state index contributed by atoms with van der Waals surface area (Å²) in [5.41, 5.74) is -0.289. The quantitative estimate of drug-likeness (QED) is 0.771. The minimum absolute atomic E-state index is 0.160. The molecule has 1 aliphatic heterocycles. The van der Waals surface area contributed by atoms with Gasteiger partial charge < -0.3 is 19.7 Å². The minimum Gasteiger partial charge on any atom is -0.480 e. The molecule has 0 aliphatic carbocycles. The summed E-state index contributed by atoms with van der Waals surface area (Å²) >= 11 is 0. The molecule has 2 unspecified atom stereocenters. The lowest BCUT2D eigenvalue weighted by atomic mass is 10.2. The van der Waals surface area contributed by atoms with Crippen LogP contribution in [0.4, 0.5) is 5.82 Å². The normalized spacial score (nSPS) is 23.3. The van der Waals surface area contributed by atoms with E-state index in [-0.39, 0.29) is 11.7 Å². The number of methoxy groups -OCH3 is 1.